The van der Waals surface area contributed by atoms with Crippen molar-refractivity contribution >= 4 is 5.78 Å². The average Bonchev–Trinajstić information content (AvgIpc) is 3.09. The Morgan fingerprint density at radius 1 is 1.24 bits per heavy atom. The molecule has 1 aromatic rings. The highest BCUT2D eigenvalue weighted by Gasteiger charge is 2.65. The number of carbonyl (C=O) groups excluding carboxylic acids is 1. The van der Waals surface area contributed by atoms with E-state index in [-0.39, 0.29) is 17.3 Å². The SMILES string of the molecule is CN1CC[C@]23c4c5ccc(OCCN6CCOCC6)c4O[C@H]2C(=O)CC[C@H]3[C@H]1C5. The number of nitrogens with zero attached hydrogens (tertiary/aromatic N) is 2. The van der Waals surface area contributed by atoms with Crippen LogP contribution in [0.5, 0.6) is 11.5 Å². The summed E-state index contributed by atoms with van der Waals surface area (Å²) in [6, 6.07) is 4.83. The molecule has 0 amide bonds. The maximum atomic E-state index is 12.9. The molecule has 6 rings (SSSR count). The molecule has 0 radical (unpaired) electrons. The number of hydrogen-bond acceptors (Lipinski definition) is 6. The zero-order valence-electron chi connectivity index (χ0n) is 17.2. The first kappa shape index (κ1) is 18.2. The number of likely N-dealkylation sites (N-methyl/N-ethyl adjacent to an activating group) is 1. The quantitative estimate of drug-likeness (QED) is 0.769. The topological polar surface area (TPSA) is 51.2 Å². The molecule has 4 atom stereocenters. The van der Waals surface area contributed by atoms with Crippen LogP contribution in [0.1, 0.15) is 30.4 Å². The second-order valence-corrected chi connectivity index (χ2v) is 9.38. The van der Waals surface area contributed by atoms with Crippen molar-refractivity contribution in [3.8, 4) is 11.5 Å². The molecular weight excluding hydrogens is 368 g/mol. The number of hydrogen-bond donors (Lipinski definition) is 0. The fourth-order valence-corrected chi connectivity index (χ4v) is 6.73. The molecule has 1 saturated carbocycles. The molecule has 2 aliphatic carbocycles. The molecule has 0 aromatic heterocycles. The van der Waals surface area contributed by atoms with Gasteiger partial charge in [-0.25, -0.2) is 0 Å². The normalized spacial score (nSPS) is 35.9. The van der Waals surface area contributed by atoms with Crippen LogP contribution in [0, 0.1) is 5.92 Å². The lowest BCUT2D eigenvalue weighted by atomic mass is 9.52. The number of morpholine rings is 1. The lowest BCUT2D eigenvalue weighted by Gasteiger charge is -2.57. The van der Waals surface area contributed by atoms with Gasteiger partial charge in [0.25, 0.3) is 0 Å². The van der Waals surface area contributed by atoms with Crippen molar-refractivity contribution in [2.75, 3.05) is 53.0 Å². The highest BCUT2D eigenvalue weighted by atomic mass is 16.5. The maximum Gasteiger partial charge on any atom is 0.174 e. The van der Waals surface area contributed by atoms with E-state index in [1.54, 1.807) is 0 Å². The predicted molar refractivity (Wildman–Crippen MR) is 108 cm³/mol. The van der Waals surface area contributed by atoms with Crippen LogP contribution in [0.2, 0.25) is 0 Å². The Kier molecular flexibility index (Phi) is 4.19. The molecule has 6 nitrogen and oxygen atoms in total. The largest absolute Gasteiger partial charge is 0.488 e. The van der Waals surface area contributed by atoms with E-state index in [1.807, 2.05) is 0 Å². The summed E-state index contributed by atoms with van der Waals surface area (Å²) in [6.07, 6.45) is 3.41. The molecule has 3 aliphatic heterocycles. The maximum absolute atomic E-state index is 12.9. The van der Waals surface area contributed by atoms with E-state index in [0.29, 0.717) is 25.0 Å². The third-order valence-electron chi connectivity index (χ3n) is 8.14. The molecular formula is C23H30N2O4. The third kappa shape index (κ3) is 2.55. The monoisotopic (exact) mass is 398 g/mol. The van der Waals surface area contributed by atoms with Gasteiger partial charge >= 0.3 is 0 Å². The van der Waals surface area contributed by atoms with Gasteiger partial charge in [-0.05, 0) is 50.4 Å². The van der Waals surface area contributed by atoms with Crippen LogP contribution in [-0.4, -0.2) is 80.8 Å². The van der Waals surface area contributed by atoms with E-state index in [9.17, 15) is 4.79 Å². The van der Waals surface area contributed by atoms with Crippen molar-refractivity contribution in [2.45, 2.75) is 43.2 Å². The highest BCUT2D eigenvalue weighted by Crippen LogP contribution is 2.63. The van der Waals surface area contributed by atoms with Gasteiger partial charge in [-0.1, -0.05) is 6.07 Å². The van der Waals surface area contributed by atoms with Crippen LogP contribution in [0.3, 0.4) is 0 Å². The molecule has 3 heterocycles. The molecule has 1 aromatic carbocycles. The van der Waals surface area contributed by atoms with Crippen molar-refractivity contribution in [3.63, 3.8) is 0 Å². The summed E-state index contributed by atoms with van der Waals surface area (Å²) in [4.78, 5) is 17.8. The summed E-state index contributed by atoms with van der Waals surface area (Å²) in [7, 11) is 2.24. The second kappa shape index (κ2) is 6.69. The van der Waals surface area contributed by atoms with E-state index < -0.39 is 0 Å². The van der Waals surface area contributed by atoms with Crippen LogP contribution in [-0.2, 0) is 21.4 Å². The summed E-state index contributed by atoms with van der Waals surface area (Å²) in [5.74, 6) is 2.50. The van der Waals surface area contributed by atoms with E-state index in [0.717, 1.165) is 70.2 Å². The zero-order valence-corrected chi connectivity index (χ0v) is 17.2. The van der Waals surface area contributed by atoms with Gasteiger partial charge in [-0.3, -0.25) is 9.69 Å². The Balaban J connectivity index is 1.33. The number of ether oxygens (including phenoxy) is 3. The van der Waals surface area contributed by atoms with Gasteiger partial charge in [-0.2, -0.15) is 0 Å². The first-order valence-corrected chi connectivity index (χ1v) is 11.2. The van der Waals surface area contributed by atoms with Crippen molar-refractivity contribution in [1.82, 2.24) is 9.80 Å². The Hall–Kier alpha value is -1.63. The van der Waals surface area contributed by atoms with Gasteiger partial charge in [0.05, 0.1) is 13.2 Å². The molecule has 0 unspecified atom stereocenters. The van der Waals surface area contributed by atoms with Gasteiger partial charge in [0, 0.05) is 43.1 Å². The summed E-state index contributed by atoms with van der Waals surface area (Å²) in [6.45, 7) is 6.10. The predicted octanol–water partition coefficient (Wildman–Crippen LogP) is 1.64. The number of likely N-dealkylation sites (tertiary alicyclic amines) is 1. The third-order valence-corrected chi connectivity index (χ3v) is 8.14. The second-order valence-electron chi connectivity index (χ2n) is 9.38. The highest BCUT2D eigenvalue weighted by molar-refractivity contribution is 5.89. The number of piperidine rings is 1. The van der Waals surface area contributed by atoms with Crippen LogP contribution >= 0.6 is 0 Å². The molecule has 3 fully saturated rings. The average molecular weight is 399 g/mol. The summed E-state index contributed by atoms with van der Waals surface area (Å²) in [5.41, 5.74) is 2.55. The summed E-state index contributed by atoms with van der Waals surface area (Å²) >= 11 is 0. The molecule has 156 valence electrons. The number of rotatable bonds is 4. The molecule has 5 aliphatic rings. The Morgan fingerprint density at radius 3 is 2.97 bits per heavy atom. The van der Waals surface area contributed by atoms with E-state index in [1.165, 1.54) is 11.1 Å². The van der Waals surface area contributed by atoms with E-state index in [2.05, 4.69) is 29.0 Å². The molecule has 0 N–H and O–H groups in total. The van der Waals surface area contributed by atoms with Crippen LogP contribution in [0.4, 0.5) is 0 Å². The molecule has 29 heavy (non-hydrogen) atoms. The number of ketones is 1. The van der Waals surface area contributed by atoms with Crippen molar-refractivity contribution in [3.05, 3.63) is 23.3 Å². The fourth-order valence-electron chi connectivity index (χ4n) is 6.73. The van der Waals surface area contributed by atoms with Crippen molar-refractivity contribution in [2.24, 2.45) is 5.92 Å². The Labute approximate surface area is 172 Å². The van der Waals surface area contributed by atoms with Gasteiger partial charge in [-0.15, -0.1) is 0 Å². The minimum Gasteiger partial charge on any atom is -0.488 e. The van der Waals surface area contributed by atoms with E-state index in [4.69, 9.17) is 14.2 Å². The van der Waals surface area contributed by atoms with Gasteiger partial charge in [0.15, 0.2) is 23.4 Å². The molecule has 2 bridgehead atoms. The fraction of sp³-hybridized carbons (Fsp3) is 0.696. The first-order valence-electron chi connectivity index (χ1n) is 11.2. The standard InChI is InChI=1S/C23H30N2O4/c1-24-7-6-23-16-3-4-18(26)22(23)29-21-19(5-2-15(20(21)23)14-17(16)24)28-13-10-25-8-11-27-12-9-25/h2,5,16-17,22H,3-4,6-14H2,1H3/t16-,17+,22-,23-/m0/s1. The van der Waals surface area contributed by atoms with Crippen LogP contribution in [0.15, 0.2) is 12.1 Å². The number of carbonyl (C=O) groups is 1. The van der Waals surface area contributed by atoms with Crippen LogP contribution < -0.4 is 9.47 Å². The zero-order chi connectivity index (χ0) is 19.6. The van der Waals surface area contributed by atoms with Crippen molar-refractivity contribution < 1.29 is 19.0 Å². The Morgan fingerprint density at radius 2 is 2.10 bits per heavy atom. The number of benzene rings is 1. The summed E-state index contributed by atoms with van der Waals surface area (Å²) < 4.78 is 18.1. The lowest BCUT2D eigenvalue weighted by Crippen LogP contribution is -2.65. The number of Topliss-reactive ketones (excluding diaryl/α,β-unsaturated/α-hetero) is 1. The van der Waals surface area contributed by atoms with Crippen molar-refractivity contribution in [1.29, 1.82) is 0 Å². The molecule has 6 heteroatoms. The lowest BCUT2D eigenvalue weighted by molar-refractivity contribution is -0.138. The van der Waals surface area contributed by atoms with Gasteiger partial charge in [0.1, 0.15) is 6.61 Å². The minimum atomic E-state index is -0.310. The Bertz CT molecular complexity index is 836. The van der Waals surface area contributed by atoms with E-state index >= 15 is 0 Å². The van der Waals surface area contributed by atoms with Gasteiger partial charge in [0.2, 0.25) is 0 Å². The minimum absolute atomic E-state index is 0.126. The smallest absolute Gasteiger partial charge is 0.174 e. The first-order chi connectivity index (χ1) is 14.2. The molecule has 1 spiro atoms. The van der Waals surface area contributed by atoms with Gasteiger partial charge < -0.3 is 19.1 Å². The molecule has 2 saturated heterocycles. The van der Waals surface area contributed by atoms with Crippen LogP contribution in [0.25, 0.3) is 0 Å². The summed E-state index contributed by atoms with van der Waals surface area (Å²) in [5, 5.41) is 0.